The van der Waals surface area contributed by atoms with Gasteiger partial charge < -0.3 is 11.1 Å². The number of carbonyl (C=O) groups excluding carboxylic acids is 1. The lowest BCUT2D eigenvalue weighted by molar-refractivity contribution is -0.118. The molecule has 16 heavy (non-hydrogen) atoms. The van der Waals surface area contributed by atoms with Crippen LogP contribution in [0.15, 0.2) is 4.99 Å². The summed E-state index contributed by atoms with van der Waals surface area (Å²) in [4.78, 5) is 14.7. The lowest BCUT2D eigenvalue weighted by Gasteiger charge is -2.09. The highest BCUT2D eigenvalue weighted by Crippen LogP contribution is 1.93. The number of nitrogens with one attached hydrogen (secondary N) is 2. The molecule has 0 saturated carbocycles. The first-order chi connectivity index (χ1) is 7.56. The van der Waals surface area contributed by atoms with E-state index in [-0.39, 0.29) is 5.91 Å². The summed E-state index contributed by atoms with van der Waals surface area (Å²) in [6, 6.07) is 0. The van der Waals surface area contributed by atoms with E-state index in [0.717, 1.165) is 25.9 Å². The molecule has 0 atom stereocenters. The summed E-state index contributed by atoms with van der Waals surface area (Å²) in [5.74, 6) is 6.14. The molecule has 0 aromatic carbocycles. The fraction of sp³-hybridized carbons (Fsp3) is 0.800. The van der Waals surface area contributed by atoms with E-state index in [1.165, 1.54) is 0 Å². The van der Waals surface area contributed by atoms with Gasteiger partial charge in [-0.1, -0.05) is 13.8 Å². The summed E-state index contributed by atoms with van der Waals surface area (Å²) in [6.45, 7) is 5.64. The van der Waals surface area contributed by atoms with Crippen LogP contribution in [0.1, 0.15) is 33.1 Å². The second kappa shape index (κ2) is 8.96. The number of hydrazine groups is 1. The zero-order valence-corrected chi connectivity index (χ0v) is 10.1. The number of nitrogens with zero attached hydrogens (tertiary/aromatic N) is 1. The van der Waals surface area contributed by atoms with Gasteiger partial charge in [0.05, 0.1) is 0 Å². The van der Waals surface area contributed by atoms with Gasteiger partial charge in [-0.15, -0.1) is 0 Å². The molecular weight excluding hydrogens is 206 g/mol. The molecule has 0 unspecified atom stereocenters. The Hall–Kier alpha value is -1.30. The molecule has 6 heteroatoms. The Balaban J connectivity index is 3.62. The number of nitrogens with two attached hydrogens (primary N) is 2. The molecule has 0 rings (SSSR count). The van der Waals surface area contributed by atoms with Crippen molar-refractivity contribution in [1.29, 1.82) is 0 Å². The molecule has 0 spiro atoms. The Labute approximate surface area is 96.8 Å². The van der Waals surface area contributed by atoms with E-state index in [9.17, 15) is 4.79 Å². The van der Waals surface area contributed by atoms with Crippen LogP contribution in [0.5, 0.6) is 0 Å². The van der Waals surface area contributed by atoms with E-state index in [2.05, 4.69) is 29.6 Å². The summed E-state index contributed by atoms with van der Waals surface area (Å²) in [6.07, 6.45) is 2.08. The first-order valence-electron chi connectivity index (χ1n) is 5.59. The van der Waals surface area contributed by atoms with Gasteiger partial charge in [-0.2, -0.15) is 0 Å². The highest BCUT2D eigenvalue weighted by atomic mass is 16.1. The second-order valence-electron chi connectivity index (χ2n) is 4.08. The molecule has 6 N–H and O–H groups in total. The molecule has 0 fully saturated rings. The molecule has 0 aliphatic heterocycles. The summed E-state index contributed by atoms with van der Waals surface area (Å²) in [7, 11) is 0. The van der Waals surface area contributed by atoms with Crippen molar-refractivity contribution in [2.24, 2.45) is 22.5 Å². The van der Waals surface area contributed by atoms with E-state index in [0.29, 0.717) is 18.3 Å². The first kappa shape index (κ1) is 14.7. The predicted octanol–water partition coefficient (Wildman–Crippen LogP) is -0.293. The molecule has 0 aromatic rings. The van der Waals surface area contributed by atoms with Crippen molar-refractivity contribution >= 4 is 11.9 Å². The van der Waals surface area contributed by atoms with Crippen LogP contribution in [0.3, 0.4) is 0 Å². The maximum Gasteiger partial charge on any atom is 0.217 e. The monoisotopic (exact) mass is 229 g/mol. The number of hydrogen-bond acceptors (Lipinski definition) is 3. The number of rotatable bonds is 7. The molecule has 0 heterocycles. The summed E-state index contributed by atoms with van der Waals surface area (Å²) < 4.78 is 0. The van der Waals surface area contributed by atoms with E-state index < -0.39 is 0 Å². The largest absolute Gasteiger partial charge is 0.370 e. The van der Waals surface area contributed by atoms with Gasteiger partial charge in [-0.05, 0) is 18.8 Å². The zero-order valence-electron chi connectivity index (χ0n) is 10.1. The molecule has 0 aliphatic rings. The normalized spacial score (nSPS) is 11.6. The molecule has 0 radical (unpaired) electrons. The average molecular weight is 229 g/mol. The third-order valence-corrected chi connectivity index (χ3v) is 1.89. The minimum Gasteiger partial charge on any atom is -0.370 e. The Bertz CT molecular complexity index is 227. The van der Waals surface area contributed by atoms with Crippen molar-refractivity contribution in [3.05, 3.63) is 0 Å². The van der Waals surface area contributed by atoms with Gasteiger partial charge in [0.2, 0.25) is 11.9 Å². The topological polar surface area (TPSA) is 106 Å². The van der Waals surface area contributed by atoms with Crippen LogP contribution in [-0.4, -0.2) is 25.0 Å². The zero-order chi connectivity index (χ0) is 12.4. The van der Waals surface area contributed by atoms with Crippen molar-refractivity contribution in [3.63, 3.8) is 0 Å². The molecule has 1 amide bonds. The van der Waals surface area contributed by atoms with Crippen LogP contribution in [0, 0.1) is 5.92 Å². The van der Waals surface area contributed by atoms with Gasteiger partial charge in [-0.3, -0.25) is 15.2 Å². The molecule has 0 aromatic heterocycles. The Morgan fingerprint density at radius 1 is 1.38 bits per heavy atom. The molecule has 0 aliphatic carbocycles. The average Bonchev–Trinajstić information content (AvgIpc) is 2.21. The molecule has 0 saturated heterocycles. The van der Waals surface area contributed by atoms with E-state index >= 15 is 0 Å². The number of carbonyl (C=O) groups is 1. The van der Waals surface area contributed by atoms with Crippen molar-refractivity contribution in [2.75, 3.05) is 13.1 Å². The first-order valence-corrected chi connectivity index (χ1v) is 5.59. The van der Waals surface area contributed by atoms with Crippen molar-refractivity contribution in [1.82, 2.24) is 10.7 Å². The minimum atomic E-state index is -0.259. The smallest absolute Gasteiger partial charge is 0.217 e. The number of aliphatic imine (C=N–C) groups is 1. The lowest BCUT2D eigenvalue weighted by Crippen LogP contribution is -2.42. The maximum atomic E-state index is 10.5. The van der Waals surface area contributed by atoms with Crippen LogP contribution < -0.4 is 22.3 Å². The molecular formula is C10H23N5O. The third-order valence-electron chi connectivity index (χ3n) is 1.89. The lowest BCUT2D eigenvalue weighted by atomic mass is 10.2. The van der Waals surface area contributed by atoms with Crippen LogP contribution >= 0.6 is 0 Å². The Kier molecular flexibility index (Phi) is 8.24. The van der Waals surface area contributed by atoms with Crippen LogP contribution in [0.2, 0.25) is 0 Å². The quantitative estimate of drug-likeness (QED) is 0.158. The number of unbranched alkanes of at least 4 members (excludes halogenated alkanes) is 1. The highest BCUT2D eigenvalue weighted by molar-refractivity contribution is 5.79. The van der Waals surface area contributed by atoms with Crippen LogP contribution in [0.4, 0.5) is 0 Å². The SMILES string of the molecule is CC(C)CN=C(NN)NCCCCC(N)=O. The number of primary amides is 1. The summed E-state index contributed by atoms with van der Waals surface area (Å²) in [5, 5.41) is 3.06. The summed E-state index contributed by atoms with van der Waals surface area (Å²) >= 11 is 0. The summed E-state index contributed by atoms with van der Waals surface area (Å²) in [5.41, 5.74) is 7.53. The van der Waals surface area contributed by atoms with Crippen LogP contribution in [-0.2, 0) is 4.79 Å². The second-order valence-corrected chi connectivity index (χ2v) is 4.08. The van der Waals surface area contributed by atoms with Crippen molar-refractivity contribution < 1.29 is 4.79 Å². The molecule has 94 valence electrons. The maximum absolute atomic E-state index is 10.5. The van der Waals surface area contributed by atoms with Gasteiger partial charge in [0, 0.05) is 19.5 Å². The van der Waals surface area contributed by atoms with Gasteiger partial charge >= 0.3 is 0 Å². The van der Waals surface area contributed by atoms with Gasteiger partial charge in [-0.25, -0.2) is 5.84 Å². The molecule has 6 nitrogen and oxygen atoms in total. The predicted molar refractivity (Wildman–Crippen MR) is 65.5 cm³/mol. The van der Waals surface area contributed by atoms with Crippen LogP contribution in [0.25, 0.3) is 0 Å². The fourth-order valence-corrected chi connectivity index (χ4v) is 1.06. The molecule has 0 bridgehead atoms. The fourth-order valence-electron chi connectivity index (χ4n) is 1.06. The van der Waals surface area contributed by atoms with E-state index in [1.807, 2.05) is 0 Å². The number of amides is 1. The van der Waals surface area contributed by atoms with Crippen molar-refractivity contribution in [2.45, 2.75) is 33.1 Å². The number of hydrogen-bond donors (Lipinski definition) is 4. The highest BCUT2D eigenvalue weighted by Gasteiger charge is 1.98. The van der Waals surface area contributed by atoms with Gasteiger partial charge in [0.15, 0.2) is 0 Å². The third kappa shape index (κ3) is 9.26. The van der Waals surface area contributed by atoms with E-state index in [1.54, 1.807) is 0 Å². The van der Waals surface area contributed by atoms with E-state index in [4.69, 9.17) is 11.6 Å². The van der Waals surface area contributed by atoms with Gasteiger partial charge in [0.25, 0.3) is 0 Å². The number of guanidine groups is 1. The Morgan fingerprint density at radius 2 is 2.06 bits per heavy atom. The standard InChI is InChI=1S/C10H23N5O/c1-8(2)7-14-10(15-12)13-6-4-3-5-9(11)16/h8H,3-7,12H2,1-2H3,(H2,11,16)(H2,13,14,15). The van der Waals surface area contributed by atoms with Gasteiger partial charge in [0.1, 0.15) is 0 Å². The Morgan fingerprint density at radius 3 is 2.56 bits per heavy atom. The minimum absolute atomic E-state index is 0.259. The van der Waals surface area contributed by atoms with Crippen molar-refractivity contribution in [3.8, 4) is 0 Å².